The van der Waals surface area contributed by atoms with E-state index in [0.29, 0.717) is 24.0 Å². The van der Waals surface area contributed by atoms with Gasteiger partial charge in [0.05, 0.1) is 23.4 Å². The number of carbonyl (C=O) groups is 1. The molecule has 162 valence electrons. The van der Waals surface area contributed by atoms with Crippen molar-refractivity contribution in [3.63, 3.8) is 0 Å². The van der Waals surface area contributed by atoms with Crippen LogP contribution in [-0.4, -0.2) is 57.9 Å². The number of morpholine rings is 1. The Labute approximate surface area is 187 Å². The molecule has 1 atom stereocenters. The summed E-state index contributed by atoms with van der Waals surface area (Å²) in [6.45, 7) is 7.38. The van der Waals surface area contributed by atoms with Crippen molar-refractivity contribution in [3.05, 3.63) is 76.2 Å². The fraction of sp³-hybridized carbons (Fsp3) is 0.348. The highest BCUT2D eigenvalue weighted by Crippen LogP contribution is 2.18. The Morgan fingerprint density at radius 2 is 2.03 bits per heavy atom. The molecule has 1 N–H and O–H groups in total. The van der Waals surface area contributed by atoms with Crippen molar-refractivity contribution in [2.75, 3.05) is 26.2 Å². The lowest BCUT2D eigenvalue weighted by molar-refractivity contribution is -0.0292. The predicted molar refractivity (Wildman–Crippen MR) is 120 cm³/mol. The lowest BCUT2D eigenvalue weighted by Crippen LogP contribution is -2.47. The molecule has 7 nitrogen and oxygen atoms in total. The summed E-state index contributed by atoms with van der Waals surface area (Å²) in [5, 5.41) is 7.66. The molecule has 3 aromatic rings. The summed E-state index contributed by atoms with van der Waals surface area (Å²) in [4.78, 5) is 19.6. The third-order valence-electron chi connectivity index (χ3n) is 5.24. The minimum atomic E-state index is -0.322. The maximum Gasteiger partial charge on any atom is 0.271 e. The molecule has 31 heavy (non-hydrogen) atoms. The van der Waals surface area contributed by atoms with Crippen molar-refractivity contribution in [1.29, 1.82) is 0 Å². The van der Waals surface area contributed by atoms with Crippen LogP contribution < -0.4 is 5.32 Å². The Morgan fingerprint density at radius 1 is 1.23 bits per heavy atom. The number of ether oxygens (including phenoxy) is 1. The zero-order valence-electron chi connectivity index (χ0n) is 17.7. The van der Waals surface area contributed by atoms with Crippen molar-refractivity contribution < 1.29 is 9.53 Å². The summed E-state index contributed by atoms with van der Waals surface area (Å²) in [5.74, 6) is 0.236. The van der Waals surface area contributed by atoms with E-state index < -0.39 is 0 Å². The van der Waals surface area contributed by atoms with Crippen LogP contribution in [0.15, 0.2) is 48.5 Å². The SMILES string of the molecule is Cc1cc(C)n(-c2ccc(Cl)c(C(=O)NCC3CN(Cc4ccccc4)CCO3)n2)n1. The zero-order chi connectivity index (χ0) is 21.8. The summed E-state index contributed by atoms with van der Waals surface area (Å²) in [6.07, 6.45) is -0.0839. The van der Waals surface area contributed by atoms with E-state index in [0.717, 1.165) is 31.0 Å². The van der Waals surface area contributed by atoms with Gasteiger partial charge < -0.3 is 10.1 Å². The average molecular weight is 440 g/mol. The molecule has 0 radical (unpaired) electrons. The van der Waals surface area contributed by atoms with Crippen LogP contribution in [0.2, 0.25) is 5.02 Å². The number of carbonyl (C=O) groups excluding carboxylic acids is 1. The minimum Gasteiger partial charge on any atom is -0.374 e. The van der Waals surface area contributed by atoms with Crippen LogP contribution in [0.5, 0.6) is 0 Å². The molecular formula is C23H26ClN5O2. The Kier molecular flexibility index (Phi) is 6.65. The van der Waals surface area contributed by atoms with Crippen molar-refractivity contribution >= 4 is 17.5 Å². The number of aryl methyl sites for hydroxylation is 2. The first-order chi connectivity index (χ1) is 15.0. The number of hydrogen-bond acceptors (Lipinski definition) is 5. The number of benzene rings is 1. The quantitative estimate of drug-likeness (QED) is 0.638. The molecule has 1 aromatic carbocycles. The summed E-state index contributed by atoms with van der Waals surface area (Å²) < 4.78 is 7.55. The molecule has 0 aliphatic carbocycles. The molecule has 0 spiro atoms. The second-order valence-corrected chi connectivity index (χ2v) is 8.17. The lowest BCUT2D eigenvalue weighted by Gasteiger charge is -2.33. The lowest BCUT2D eigenvalue weighted by atomic mass is 10.2. The van der Waals surface area contributed by atoms with E-state index in [-0.39, 0.29) is 17.7 Å². The van der Waals surface area contributed by atoms with Crippen LogP contribution >= 0.6 is 11.6 Å². The van der Waals surface area contributed by atoms with Crippen LogP contribution in [0, 0.1) is 13.8 Å². The average Bonchev–Trinajstić information content (AvgIpc) is 3.11. The van der Waals surface area contributed by atoms with Gasteiger partial charge in [0.15, 0.2) is 5.82 Å². The molecule has 4 rings (SSSR count). The largest absolute Gasteiger partial charge is 0.374 e. The van der Waals surface area contributed by atoms with Crippen molar-refractivity contribution in [1.82, 2.24) is 25.0 Å². The molecule has 0 saturated carbocycles. The molecule has 3 heterocycles. The molecular weight excluding hydrogens is 414 g/mol. The van der Waals surface area contributed by atoms with Gasteiger partial charge >= 0.3 is 0 Å². The highest BCUT2D eigenvalue weighted by atomic mass is 35.5. The van der Waals surface area contributed by atoms with E-state index in [1.807, 2.05) is 38.1 Å². The smallest absolute Gasteiger partial charge is 0.271 e. The fourth-order valence-electron chi connectivity index (χ4n) is 3.75. The van der Waals surface area contributed by atoms with Gasteiger partial charge in [-0.15, -0.1) is 0 Å². The first-order valence-electron chi connectivity index (χ1n) is 10.4. The van der Waals surface area contributed by atoms with Gasteiger partial charge in [-0.1, -0.05) is 41.9 Å². The van der Waals surface area contributed by atoms with Gasteiger partial charge in [-0.2, -0.15) is 5.10 Å². The predicted octanol–water partition coefficient (Wildman–Crippen LogP) is 3.17. The van der Waals surface area contributed by atoms with Gasteiger partial charge in [0, 0.05) is 31.9 Å². The minimum absolute atomic E-state index is 0.0839. The van der Waals surface area contributed by atoms with Crippen LogP contribution in [0.25, 0.3) is 5.82 Å². The number of halogens is 1. The van der Waals surface area contributed by atoms with E-state index in [9.17, 15) is 4.79 Å². The van der Waals surface area contributed by atoms with Gasteiger partial charge in [-0.25, -0.2) is 9.67 Å². The normalized spacial score (nSPS) is 16.9. The fourth-order valence-corrected chi connectivity index (χ4v) is 3.94. The second-order valence-electron chi connectivity index (χ2n) is 7.76. The summed E-state index contributed by atoms with van der Waals surface area (Å²) in [7, 11) is 0. The highest BCUT2D eigenvalue weighted by Gasteiger charge is 2.22. The Morgan fingerprint density at radius 3 is 2.77 bits per heavy atom. The monoisotopic (exact) mass is 439 g/mol. The molecule has 8 heteroatoms. The van der Waals surface area contributed by atoms with Gasteiger partial charge in [-0.05, 0) is 37.6 Å². The molecule has 1 aliphatic rings. The van der Waals surface area contributed by atoms with E-state index in [1.54, 1.807) is 16.8 Å². The molecule has 2 aromatic heterocycles. The number of hydrogen-bond donors (Lipinski definition) is 1. The van der Waals surface area contributed by atoms with E-state index >= 15 is 0 Å². The molecule has 1 saturated heterocycles. The van der Waals surface area contributed by atoms with Crippen molar-refractivity contribution in [2.45, 2.75) is 26.5 Å². The molecule has 0 bridgehead atoms. The van der Waals surface area contributed by atoms with Gasteiger partial charge in [0.25, 0.3) is 5.91 Å². The number of aromatic nitrogens is 3. The summed E-state index contributed by atoms with van der Waals surface area (Å²) in [6, 6.07) is 15.7. The summed E-state index contributed by atoms with van der Waals surface area (Å²) in [5.41, 5.74) is 3.27. The number of rotatable bonds is 6. The van der Waals surface area contributed by atoms with E-state index in [4.69, 9.17) is 16.3 Å². The second kappa shape index (κ2) is 9.60. The van der Waals surface area contributed by atoms with Gasteiger partial charge in [-0.3, -0.25) is 9.69 Å². The maximum atomic E-state index is 12.8. The Bertz CT molecular complexity index is 1050. The summed E-state index contributed by atoms with van der Waals surface area (Å²) >= 11 is 6.27. The Hall–Kier alpha value is -2.74. The highest BCUT2D eigenvalue weighted by molar-refractivity contribution is 6.33. The van der Waals surface area contributed by atoms with Crippen molar-refractivity contribution in [3.8, 4) is 5.82 Å². The number of amides is 1. The van der Waals surface area contributed by atoms with Crippen LogP contribution in [0.4, 0.5) is 0 Å². The maximum absolute atomic E-state index is 12.8. The zero-order valence-corrected chi connectivity index (χ0v) is 18.5. The van der Waals surface area contributed by atoms with Crippen LogP contribution in [-0.2, 0) is 11.3 Å². The third kappa shape index (κ3) is 5.31. The molecule has 1 fully saturated rings. The van der Waals surface area contributed by atoms with Crippen molar-refractivity contribution in [2.24, 2.45) is 0 Å². The third-order valence-corrected chi connectivity index (χ3v) is 5.54. The number of nitrogens with one attached hydrogen (secondary N) is 1. The Balaban J connectivity index is 1.38. The standard InChI is InChI=1S/C23H26ClN5O2/c1-16-12-17(2)29(27-16)21-9-8-20(24)22(26-21)23(30)25-13-19-15-28(10-11-31-19)14-18-6-4-3-5-7-18/h3-9,12,19H,10-11,13-15H2,1-2H3,(H,25,30). The van der Waals surface area contributed by atoms with Gasteiger partial charge in [0.2, 0.25) is 0 Å². The number of pyridine rings is 1. The first-order valence-corrected chi connectivity index (χ1v) is 10.7. The van der Waals surface area contributed by atoms with Crippen LogP contribution in [0.3, 0.4) is 0 Å². The topological polar surface area (TPSA) is 72.3 Å². The number of nitrogens with zero attached hydrogens (tertiary/aromatic N) is 4. The molecule has 1 aliphatic heterocycles. The van der Waals surface area contributed by atoms with E-state index in [2.05, 4.69) is 32.4 Å². The molecule has 1 amide bonds. The molecule has 1 unspecified atom stereocenters. The first kappa shape index (κ1) is 21.5. The van der Waals surface area contributed by atoms with Gasteiger partial charge in [0.1, 0.15) is 5.69 Å². The van der Waals surface area contributed by atoms with Crippen LogP contribution in [0.1, 0.15) is 27.4 Å². The van der Waals surface area contributed by atoms with E-state index in [1.165, 1.54) is 5.56 Å².